The van der Waals surface area contributed by atoms with E-state index in [9.17, 15) is 9.90 Å². The van der Waals surface area contributed by atoms with Gasteiger partial charge in [0.25, 0.3) is 0 Å². The quantitative estimate of drug-likeness (QED) is 0.832. The Hall–Kier alpha value is -2.25. The molecule has 0 unspecified atom stereocenters. The van der Waals surface area contributed by atoms with Crippen molar-refractivity contribution < 1.29 is 9.90 Å². The minimum Gasteiger partial charge on any atom is -0.385 e. The first-order valence-electron chi connectivity index (χ1n) is 8.71. The van der Waals surface area contributed by atoms with Crippen LogP contribution in [0.3, 0.4) is 0 Å². The Labute approximate surface area is 147 Å². The van der Waals surface area contributed by atoms with Gasteiger partial charge in [0, 0.05) is 38.6 Å². The summed E-state index contributed by atoms with van der Waals surface area (Å²) in [5, 5.41) is 13.4. The highest BCUT2D eigenvalue weighted by molar-refractivity contribution is 5.90. The van der Waals surface area contributed by atoms with Crippen LogP contribution in [0.5, 0.6) is 0 Å². The first kappa shape index (κ1) is 17.6. The minimum atomic E-state index is -0.518. The zero-order valence-corrected chi connectivity index (χ0v) is 14.5. The summed E-state index contributed by atoms with van der Waals surface area (Å²) < 4.78 is 1.87. The van der Waals surface area contributed by atoms with Crippen LogP contribution in [0.1, 0.15) is 31.2 Å². The molecule has 1 saturated heterocycles. The van der Waals surface area contributed by atoms with E-state index in [2.05, 4.69) is 20.2 Å². The lowest BCUT2D eigenvalue weighted by molar-refractivity contribution is -0.116. The number of rotatable bonds is 6. The normalized spacial score (nSPS) is 17.4. The van der Waals surface area contributed by atoms with E-state index in [-0.39, 0.29) is 11.8 Å². The Morgan fingerprint density at radius 1 is 1.40 bits per heavy atom. The molecular formula is C18H25N5O2. The molecule has 1 aliphatic heterocycles. The molecule has 0 spiro atoms. The molecule has 0 aliphatic carbocycles. The molecule has 1 aliphatic rings. The van der Waals surface area contributed by atoms with E-state index < -0.39 is 6.10 Å². The van der Waals surface area contributed by atoms with Crippen LogP contribution in [0.15, 0.2) is 36.9 Å². The molecule has 0 aromatic carbocycles. The van der Waals surface area contributed by atoms with E-state index in [1.165, 1.54) is 0 Å². The standard InChI is InChI=1S/C18H25N5O2/c1-22-12-8-20-18(22)17(25)14-4-9-23(10-5-14)11-6-16(24)21-15-3-2-7-19-13-15/h2-3,7-8,12-14,17,25H,4-6,9-11H2,1H3,(H,21,24)/t17-/m1/s1. The first-order valence-corrected chi connectivity index (χ1v) is 8.71. The van der Waals surface area contributed by atoms with E-state index in [0.717, 1.165) is 44.0 Å². The number of aliphatic hydroxyl groups excluding tert-OH is 1. The van der Waals surface area contributed by atoms with Crippen LogP contribution in [0.2, 0.25) is 0 Å². The van der Waals surface area contributed by atoms with Gasteiger partial charge >= 0.3 is 0 Å². The van der Waals surface area contributed by atoms with Crippen molar-refractivity contribution in [1.29, 1.82) is 0 Å². The molecular weight excluding hydrogens is 318 g/mol. The highest BCUT2D eigenvalue weighted by Crippen LogP contribution is 2.29. The van der Waals surface area contributed by atoms with Crippen LogP contribution < -0.4 is 5.32 Å². The zero-order valence-electron chi connectivity index (χ0n) is 14.5. The van der Waals surface area contributed by atoms with E-state index in [4.69, 9.17) is 0 Å². The maximum Gasteiger partial charge on any atom is 0.225 e. The average Bonchev–Trinajstić information content (AvgIpc) is 3.07. The van der Waals surface area contributed by atoms with Crippen LogP contribution in [0.25, 0.3) is 0 Å². The highest BCUT2D eigenvalue weighted by atomic mass is 16.3. The summed E-state index contributed by atoms with van der Waals surface area (Å²) in [4.78, 5) is 22.5. The molecule has 1 fully saturated rings. The maximum absolute atomic E-state index is 12.0. The van der Waals surface area contributed by atoms with Gasteiger partial charge in [0.1, 0.15) is 11.9 Å². The predicted octanol–water partition coefficient (Wildman–Crippen LogP) is 1.59. The number of nitrogens with zero attached hydrogens (tertiary/aromatic N) is 4. The summed E-state index contributed by atoms with van der Waals surface area (Å²) in [6.45, 7) is 2.52. The Bertz CT molecular complexity index is 680. The summed E-state index contributed by atoms with van der Waals surface area (Å²) in [5.41, 5.74) is 0.726. The predicted molar refractivity (Wildman–Crippen MR) is 94.8 cm³/mol. The molecule has 7 heteroatoms. The number of carbonyl (C=O) groups excluding carboxylic acids is 1. The number of aromatic nitrogens is 3. The van der Waals surface area contributed by atoms with Gasteiger partial charge in [-0.15, -0.1) is 0 Å². The van der Waals surface area contributed by atoms with Gasteiger partial charge in [-0.05, 0) is 44.0 Å². The number of aryl methyl sites for hydroxylation is 1. The van der Waals surface area contributed by atoms with Gasteiger partial charge in [-0.1, -0.05) is 0 Å². The molecule has 134 valence electrons. The Balaban J connectivity index is 1.40. The zero-order chi connectivity index (χ0) is 17.6. The van der Waals surface area contributed by atoms with Gasteiger partial charge in [0.2, 0.25) is 5.91 Å². The number of piperidine rings is 1. The van der Waals surface area contributed by atoms with E-state index in [1.54, 1.807) is 24.7 Å². The second-order valence-electron chi connectivity index (χ2n) is 6.56. The number of likely N-dealkylation sites (tertiary alicyclic amines) is 1. The number of amides is 1. The van der Waals surface area contributed by atoms with E-state index in [1.807, 2.05) is 23.9 Å². The van der Waals surface area contributed by atoms with Crippen molar-refractivity contribution in [3.63, 3.8) is 0 Å². The molecule has 3 rings (SSSR count). The monoisotopic (exact) mass is 343 g/mol. The van der Waals surface area contributed by atoms with Crippen molar-refractivity contribution >= 4 is 11.6 Å². The van der Waals surface area contributed by atoms with E-state index in [0.29, 0.717) is 6.42 Å². The third-order valence-electron chi connectivity index (χ3n) is 4.80. The molecule has 0 saturated carbocycles. The van der Waals surface area contributed by atoms with Crippen LogP contribution in [0, 0.1) is 5.92 Å². The van der Waals surface area contributed by atoms with Gasteiger partial charge < -0.3 is 19.9 Å². The maximum atomic E-state index is 12.0. The lowest BCUT2D eigenvalue weighted by Gasteiger charge is -2.33. The molecule has 1 atom stereocenters. The smallest absolute Gasteiger partial charge is 0.225 e. The van der Waals surface area contributed by atoms with Crippen molar-refractivity contribution in [2.75, 3.05) is 25.0 Å². The number of aliphatic hydroxyl groups is 1. The van der Waals surface area contributed by atoms with Crippen molar-refractivity contribution in [1.82, 2.24) is 19.4 Å². The number of pyridine rings is 1. The molecule has 25 heavy (non-hydrogen) atoms. The van der Waals surface area contributed by atoms with Crippen molar-refractivity contribution in [3.8, 4) is 0 Å². The third-order valence-corrected chi connectivity index (χ3v) is 4.80. The summed E-state index contributed by atoms with van der Waals surface area (Å²) in [6.07, 6.45) is 8.67. The van der Waals surface area contributed by atoms with Gasteiger partial charge in [0.05, 0.1) is 11.9 Å². The van der Waals surface area contributed by atoms with Crippen LogP contribution in [0.4, 0.5) is 5.69 Å². The largest absolute Gasteiger partial charge is 0.385 e. The second-order valence-corrected chi connectivity index (χ2v) is 6.56. The summed E-state index contributed by atoms with van der Waals surface area (Å²) in [7, 11) is 1.90. The number of imidazole rings is 1. The molecule has 3 heterocycles. The number of carbonyl (C=O) groups is 1. The Morgan fingerprint density at radius 2 is 2.20 bits per heavy atom. The van der Waals surface area contributed by atoms with Crippen molar-refractivity contribution in [2.45, 2.75) is 25.4 Å². The van der Waals surface area contributed by atoms with Crippen molar-refractivity contribution in [3.05, 3.63) is 42.7 Å². The molecule has 2 N–H and O–H groups in total. The molecule has 0 radical (unpaired) electrons. The lowest BCUT2D eigenvalue weighted by atomic mass is 9.90. The van der Waals surface area contributed by atoms with Crippen LogP contribution in [-0.4, -0.2) is 50.1 Å². The fourth-order valence-corrected chi connectivity index (χ4v) is 3.29. The number of nitrogens with one attached hydrogen (secondary N) is 1. The van der Waals surface area contributed by atoms with Crippen LogP contribution >= 0.6 is 0 Å². The van der Waals surface area contributed by atoms with Gasteiger partial charge in [-0.3, -0.25) is 9.78 Å². The van der Waals surface area contributed by atoms with Gasteiger partial charge in [-0.2, -0.15) is 0 Å². The first-order chi connectivity index (χ1) is 12.1. The number of anilines is 1. The molecule has 7 nitrogen and oxygen atoms in total. The molecule has 2 aromatic rings. The van der Waals surface area contributed by atoms with Crippen molar-refractivity contribution in [2.24, 2.45) is 13.0 Å². The lowest BCUT2D eigenvalue weighted by Crippen LogP contribution is -2.37. The molecule has 1 amide bonds. The minimum absolute atomic E-state index is 0.00293. The highest BCUT2D eigenvalue weighted by Gasteiger charge is 2.28. The SMILES string of the molecule is Cn1ccnc1[C@H](O)C1CCN(CCC(=O)Nc2cccnc2)CC1. The van der Waals surface area contributed by atoms with Gasteiger partial charge in [0.15, 0.2) is 0 Å². The Kier molecular flexibility index (Phi) is 5.78. The number of hydrogen-bond acceptors (Lipinski definition) is 5. The fraction of sp³-hybridized carbons (Fsp3) is 0.500. The fourth-order valence-electron chi connectivity index (χ4n) is 3.29. The summed E-state index contributed by atoms with van der Waals surface area (Å²) in [5.74, 6) is 0.957. The van der Waals surface area contributed by atoms with Gasteiger partial charge in [-0.25, -0.2) is 4.98 Å². The molecule has 0 bridgehead atoms. The van der Waals surface area contributed by atoms with Crippen LogP contribution in [-0.2, 0) is 11.8 Å². The third kappa shape index (κ3) is 4.64. The second kappa shape index (κ2) is 8.22. The summed E-state index contributed by atoms with van der Waals surface area (Å²) >= 11 is 0. The Morgan fingerprint density at radius 3 is 2.84 bits per heavy atom. The molecule has 2 aromatic heterocycles. The van der Waals surface area contributed by atoms with E-state index >= 15 is 0 Å². The number of hydrogen-bond donors (Lipinski definition) is 2. The summed E-state index contributed by atoms with van der Waals surface area (Å²) in [6, 6.07) is 3.63. The average molecular weight is 343 g/mol. The topological polar surface area (TPSA) is 83.3 Å².